The predicted octanol–water partition coefficient (Wildman–Crippen LogP) is 3.06. The summed E-state index contributed by atoms with van der Waals surface area (Å²) in [5.41, 5.74) is 7.33. The largest absolute Gasteiger partial charge is 0.402 e. The summed E-state index contributed by atoms with van der Waals surface area (Å²) in [5.74, 6) is 0.551. The molecular formula is C9H18ClN. The third-order valence-electron chi connectivity index (χ3n) is 0.854. The third-order valence-corrected chi connectivity index (χ3v) is 1.01. The SMILES string of the molecule is C/C(N)=C/C(C)=C\CCl.CC. The van der Waals surface area contributed by atoms with Crippen molar-refractivity contribution in [2.24, 2.45) is 5.73 Å². The first kappa shape index (κ1) is 13.2. The Bertz CT molecular complexity index is 132. The third kappa shape index (κ3) is 12.7. The number of halogens is 1. The summed E-state index contributed by atoms with van der Waals surface area (Å²) < 4.78 is 0. The Balaban J connectivity index is 0. The van der Waals surface area contributed by atoms with Crippen LogP contribution in [0, 0.1) is 0 Å². The van der Waals surface area contributed by atoms with E-state index in [0.717, 1.165) is 11.3 Å². The molecule has 0 amide bonds. The lowest BCUT2D eigenvalue weighted by Gasteiger charge is -1.90. The minimum Gasteiger partial charge on any atom is -0.402 e. The van der Waals surface area contributed by atoms with Crippen molar-refractivity contribution >= 4 is 11.6 Å². The molecule has 0 spiro atoms. The second-order valence-corrected chi connectivity index (χ2v) is 2.30. The standard InChI is InChI=1S/C7H12ClN.C2H6/c1-6(3-4-8)5-7(2)9;1-2/h3,5H,4,9H2,1-2H3;1-2H3/b6-3-,7-5-;. The van der Waals surface area contributed by atoms with E-state index < -0.39 is 0 Å². The van der Waals surface area contributed by atoms with E-state index in [0.29, 0.717) is 5.88 Å². The van der Waals surface area contributed by atoms with E-state index in [2.05, 4.69) is 0 Å². The minimum absolute atomic E-state index is 0.551. The van der Waals surface area contributed by atoms with E-state index in [1.807, 2.05) is 39.8 Å². The fourth-order valence-electron chi connectivity index (χ4n) is 0.540. The van der Waals surface area contributed by atoms with Gasteiger partial charge in [-0.25, -0.2) is 0 Å². The number of hydrogen-bond donors (Lipinski definition) is 1. The molecule has 0 aromatic heterocycles. The first-order valence-electron chi connectivity index (χ1n) is 3.83. The fraction of sp³-hybridized carbons (Fsp3) is 0.556. The van der Waals surface area contributed by atoms with Gasteiger partial charge in [0.25, 0.3) is 0 Å². The van der Waals surface area contributed by atoms with Gasteiger partial charge in [-0.2, -0.15) is 0 Å². The zero-order valence-corrected chi connectivity index (χ0v) is 8.57. The molecule has 0 saturated carbocycles. The Labute approximate surface area is 74.9 Å². The fourth-order valence-corrected chi connectivity index (χ4v) is 0.783. The van der Waals surface area contributed by atoms with E-state index in [9.17, 15) is 0 Å². The van der Waals surface area contributed by atoms with Gasteiger partial charge in [-0.1, -0.05) is 25.5 Å². The number of alkyl halides is 1. The van der Waals surface area contributed by atoms with Crippen LogP contribution in [0.3, 0.4) is 0 Å². The molecule has 0 fully saturated rings. The molecule has 0 aromatic rings. The van der Waals surface area contributed by atoms with Crippen molar-refractivity contribution in [1.82, 2.24) is 0 Å². The van der Waals surface area contributed by atoms with Crippen LogP contribution in [0.5, 0.6) is 0 Å². The molecule has 0 unspecified atom stereocenters. The van der Waals surface area contributed by atoms with Gasteiger partial charge in [-0.15, -0.1) is 11.6 Å². The van der Waals surface area contributed by atoms with Crippen LogP contribution in [0.25, 0.3) is 0 Å². The maximum atomic E-state index is 5.43. The minimum atomic E-state index is 0.551. The lowest BCUT2D eigenvalue weighted by atomic mass is 10.2. The molecule has 66 valence electrons. The molecule has 0 radical (unpaired) electrons. The molecule has 0 bridgehead atoms. The van der Waals surface area contributed by atoms with Crippen molar-refractivity contribution in [3.63, 3.8) is 0 Å². The van der Waals surface area contributed by atoms with Crippen LogP contribution in [-0.4, -0.2) is 5.88 Å². The lowest BCUT2D eigenvalue weighted by molar-refractivity contribution is 1.28. The van der Waals surface area contributed by atoms with Gasteiger partial charge < -0.3 is 5.73 Å². The highest BCUT2D eigenvalue weighted by molar-refractivity contribution is 6.18. The molecule has 0 aliphatic heterocycles. The summed E-state index contributed by atoms with van der Waals surface area (Å²) in [6, 6.07) is 0. The number of rotatable bonds is 2. The smallest absolute Gasteiger partial charge is 0.0409 e. The maximum absolute atomic E-state index is 5.43. The highest BCUT2D eigenvalue weighted by Crippen LogP contribution is 1.97. The normalized spacial score (nSPS) is 12.1. The van der Waals surface area contributed by atoms with Gasteiger partial charge in [0.05, 0.1) is 0 Å². The predicted molar refractivity (Wildman–Crippen MR) is 53.8 cm³/mol. The molecule has 0 aliphatic rings. The van der Waals surface area contributed by atoms with Crippen LogP contribution in [0.1, 0.15) is 27.7 Å². The molecular weight excluding hydrogens is 158 g/mol. The summed E-state index contributed by atoms with van der Waals surface area (Å²) >= 11 is 5.43. The Hall–Kier alpha value is -0.430. The second kappa shape index (κ2) is 9.57. The molecule has 0 saturated heterocycles. The van der Waals surface area contributed by atoms with Gasteiger partial charge >= 0.3 is 0 Å². The first-order valence-corrected chi connectivity index (χ1v) is 4.36. The zero-order chi connectivity index (χ0) is 9.28. The number of hydrogen-bond acceptors (Lipinski definition) is 1. The Morgan fingerprint density at radius 2 is 1.82 bits per heavy atom. The van der Waals surface area contributed by atoms with Crippen LogP contribution in [0.4, 0.5) is 0 Å². The molecule has 0 rings (SSSR count). The second-order valence-electron chi connectivity index (χ2n) is 1.99. The van der Waals surface area contributed by atoms with Gasteiger partial charge in [0.15, 0.2) is 0 Å². The number of allylic oxidation sites excluding steroid dienone is 4. The van der Waals surface area contributed by atoms with Gasteiger partial charge in [-0.3, -0.25) is 0 Å². The number of nitrogens with two attached hydrogens (primary N) is 1. The van der Waals surface area contributed by atoms with Crippen LogP contribution >= 0.6 is 11.6 Å². The summed E-state index contributed by atoms with van der Waals surface area (Å²) in [5, 5.41) is 0. The maximum Gasteiger partial charge on any atom is 0.0409 e. The summed E-state index contributed by atoms with van der Waals surface area (Å²) in [6.45, 7) is 7.82. The van der Waals surface area contributed by atoms with Crippen LogP contribution in [0.15, 0.2) is 23.4 Å². The average molecular weight is 176 g/mol. The summed E-state index contributed by atoms with van der Waals surface area (Å²) in [4.78, 5) is 0. The molecule has 0 heterocycles. The molecule has 2 heteroatoms. The Morgan fingerprint density at radius 3 is 2.09 bits per heavy atom. The zero-order valence-electron chi connectivity index (χ0n) is 7.82. The molecule has 0 aliphatic carbocycles. The van der Waals surface area contributed by atoms with Gasteiger partial charge in [0, 0.05) is 11.6 Å². The van der Waals surface area contributed by atoms with Crippen LogP contribution in [0.2, 0.25) is 0 Å². The van der Waals surface area contributed by atoms with E-state index in [1.165, 1.54) is 0 Å². The van der Waals surface area contributed by atoms with Crippen molar-refractivity contribution in [2.45, 2.75) is 27.7 Å². The first-order chi connectivity index (χ1) is 5.16. The highest BCUT2D eigenvalue weighted by atomic mass is 35.5. The van der Waals surface area contributed by atoms with Crippen molar-refractivity contribution in [2.75, 3.05) is 5.88 Å². The van der Waals surface area contributed by atoms with Crippen LogP contribution < -0.4 is 5.73 Å². The molecule has 1 nitrogen and oxygen atoms in total. The molecule has 2 N–H and O–H groups in total. The van der Waals surface area contributed by atoms with Crippen molar-refractivity contribution in [3.05, 3.63) is 23.4 Å². The van der Waals surface area contributed by atoms with E-state index in [-0.39, 0.29) is 0 Å². The van der Waals surface area contributed by atoms with Crippen molar-refractivity contribution in [3.8, 4) is 0 Å². The van der Waals surface area contributed by atoms with Crippen molar-refractivity contribution < 1.29 is 0 Å². The van der Waals surface area contributed by atoms with E-state index >= 15 is 0 Å². The van der Waals surface area contributed by atoms with Gasteiger partial charge in [-0.05, 0) is 19.9 Å². The summed E-state index contributed by atoms with van der Waals surface area (Å²) in [7, 11) is 0. The highest BCUT2D eigenvalue weighted by Gasteiger charge is 1.80. The Morgan fingerprint density at radius 1 is 1.36 bits per heavy atom. The monoisotopic (exact) mass is 175 g/mol. The molecule has 0 atom stereocenters. The molecule has 0 aromatic carbocycles. The van der Waals surface area contributed by atoms with Crippen molar-refractivity contribution in [1.29, 1.82) is 0 Å². The Kier molecular flexibility index (Phi) is 11.5. The quantitative estimate of drug-likeness (QED) is 0.507. The summed E-state index contributed by atoms with van der Waals surface area (Å²) in [6.07, 6.45) is 3.81. The van der Waals surface area contributed by atoms with E-state index in [1.54, 1.807) is 0 Å². The van der Waals surface area contributed by atoms with Crippen LogP contribution in [-0.2, 0) is 0 Å². The topological polar surface area (TPSA) is 26.0 Å². The van der Waals surface area contributed by atoms with Gasteiger partial charge in [0.1, 0.15) is 0 Å². The van der Waals surface area contributed by atoms with E-state index in [4.69, 9.17) is 17.3 Å². The van der Waals surface area contributed by atoms with Gasteiger partial charge in [0.2, 0.25) is 0 Å². The lowest BCUT2D eigenvalue weighted by Crippen LogP contribution is -1.89. The average Bonchev–Trinajstić information content (AvgIpc) is 1.91. The molecule has 11 heavy (non-hydrogen) atoms.